The Labute approximate surface area is 430 Å². The number of hydrogen-bond donors (Lipinski definition) is 0. The number of fused-ring (bicyclic) bond motifs is 7. The van der Waals surface area contributed by atoms with Crippen LogP contribution in [0.15, 0.2) is 11.6 Å². The van der Waals surface area contributed by atoms with Crippen LogP contribution in [0.1, 0.15) is 194 Å². The Morgan fingerprint density at radius 2 is 1.42 bits per heavy atom. The Morgan fingerprint density at radius 1 is 0.732 bits per heavy atom. The van der Waals surface area contributed by atoms with Crippen LogP contribution >= 0.6 is 0 Å². The van der Waals surface area contributed by atoms with Crippen LogP contribution in [0.25, 0.3) is 0 Å². The van der Waals surface area contributed by atoms with E-state index in [0.717, 1.165) is 70.6 Å². The van der Waals surface area contributed by atoms with E-state index in [1.807, 2.05) is 14.0 Å². The minimum atomic E-state index is -0.999. The summed E-state index contributed by atoms with van der Waals surface area (Å²) in [4.78, 5) is 42.7. The molecule has 0 aromatic rings. The molecule has 5 aliphatic carbocycles. The molecule has 0 bridgehead atoms. The van der Waals surface area contributed by atoms with E-state index in [4.69, 9.17) is 33.2 Å². The van der Waals surface area contributed by atoms with Gasteiger partial charge in [-0.25, -0.2) is 0 Å². The van der Waals surface area contributed by atoms with Gasteiger partial charge in [-0.3, -0.25) is 9.59 Å². The normalized spacial score (nSPS) is 51.7. The fourth-order valence-electron chi connectivity index (χ4n) is 17.7. The van der Waals surface area contributed by atoms with E-state index >= 15 is 0 Å². The van der Waals surface area contributed by atoms with Crippen LogP contribution in [-0.2, 0) is 47.5 Å². The summed E-state index contributed by atoms with van der Waals surface area (Å²) < 4.78 is 48.7. The zero-order valence-electron chi connectivity index (χ0n) is 47.6. The number of carbonyl (C=O) groups excluding carboxylic acids is 3. The smallest absolute Gasteiger partial charge is 0.187 e. The van der Waals surface area contributed by atoms with E-state index < -0.39 is 54.1 Å². The number of rotatable bonds is 14. The summed E-state index contributed by atoms with van der Waals surface area (Å²) in [7, 11) is 1.86. The van der Waals surface area contributed by atoms with Crippen LogP contribution in [-0.4, -0.2) is 87.1 Å². The summed E-state index contributed by atoms with van der Waals surface area (Å²) in [5, 5.41) is 0. The van der Waals surface area contributed by atoms with Crippen molar-refractivity contribution in [2.75, 3.05) is 13.7 Å². The molecule has 0 amide bonds. The summed E-state index contributed by atoms with van der Waals surface area (Å²) in [5.41, 5.74) is -0.100. The molecule has 0 aromatic heterocycles. The number of unbranched alkanes of at least 4 members (excludes halogenated alkanes) is 1. The minimum Gasteiger partial charge on any atom is -0.380 e. The van der Waals surface area contributed by atoms with Gasteiger partial charge in [0.05, 0.1) is 41.9 Å². The molecule has 0 spiro atoms. The van der Waals surface area contributed by atoms with Crippen molar-refractivity contribution in [2.45, 2.75) is 250 Å². The molecule has 0 aromatic carbocycles. The van der Waals surface area contributed by atoms with Gasteiger partial charge < -0.3 is 38.0 Å². The Morgan fingerprint density at radius 3 is 2.07 bits per heavy atom. The van der Waals surface area contributed by atoms with Crippen molar-refractivity contribution >= 4 is 17.9 Å². The van der Waals surface area contributed by atoms with Crippen molar-refractivity contribution in [3.8, 4) is 0 Å². The molecule has 7 fully saturated rings. The maximum absolute atomic E-state index is 14.7. The molecular formula is C61H100O10. The van der Waals surface area contributed by atoms with Crippen molar-refractivity contribution < 1.29 is 47.5 Å². The standard InChI is InChI=1S/C61H100O10/c1-18-20-21-47(64)61-29-28-56(11,12)30-43(61)42-22-23-46-57(13)26-25-48(58(14,33-62)45(57)24-27-59(46,15)60(42,16)31-49(61)65-17)68-55-52(71-54-39(8)36(5)37(6)44(19-2)67-54)51(40(9)50(69-55)41(10)63)70-53-38(7)35(4)34(3)32-66-53/h22,33-40,43-46,48-55H,18-21,23-32H2,1-17H3/t34-,35+,36+,37-,38?,39?,40-,43?,44?,45-,46?,48+,49?,50?,51+,52?,53+,54+,55-,57?,58-,59+,60-,61+/m1/s1. The van der Waals surface area contributed by atoms with Crippen LogP contribution < -0.4 is 0 Å². The van der Waals surface area contributed by atoms with Gasteiger partial charge in [0, 0.05) is 31.3 Å². The average Bonchev–Trinajstić information content (AvgIpc) is 3.32. The summed E-state index contributed by atoms with van der Waals surface area (Å²) in [6, 6.07) is 0. The van der Waals surface area contributed by atoms with Crippen LogP contribution in [0.3, 0.4) is 0 Å². The maximum Gasteiger partial charge on any atom is 0.187 e. The van der Waals surface area contributed by atoms with Crippen molar-refractivity contribution in [3.63, 3.8) is 0 Å². The molecule has 4 saturated carbocycles. The first-order valence-corrected chi connectivity index (χ1v) is 29.0. The predicted molar refractivity (Wildman–Crippen MR) is 277 cm³/mol. The van der Waals surface area contributed by atoms with Gasteiger partial charge in [0.25, 0.3) is 0 Å². The summed E-state index contributed by atoms with van der Waals surface area (Å²) in [5.74, 6) is 2.12. The van der Waals surface area contributed by atoms with Crippen molar-refractivity contribution in [2.24, 2.45) is 91.7 Å². The lowest BCUT2D eigenvalue weighted by molar-refractivity contribution is -0.374. The monoisotopic (exact) mass is 993 g/mol. The molecule has 3 saturated heterocycles. The molecule has 9 unspecified atom stereocenters. The van der Waals surface area contributed by atoms with Crippen molar-refractivity contribution in [3.05, 3.63) is 11.6 Å². The predicted octanol–water partition coefficient (Wildman–Crippen LogP) is 12.8. The summed E-state index contributed by atoms with van der Waals surface area (Å²) >= 11 is 0. The van der Waals surface area contributed by atoms with Crippen LogP contribution in [0.5, 0.6) is 0 Å². The fraction of sp³-hybridized carbons (Fsp3) is 0.918. The molecule has 404 valence electrons. The lowest BCUT2D eigenvalue weighted by Crippen LogP contribution is -2.68. The van der Waals surface area contributed by atoms with E-state index in [2.05, 4.69) is 103 Å². The Kier molecular flexibility index (Phi) is 16.0. The second-order valence-corrected chi connectivity index (χ2v) is 27.4. The first-order chi connectivity index (χ1) is 33.3. The van der Waals surface area contributed by atoms with Crippen LogP contribution in [0.2, 0.25) is 0 Å². The molecule has 3 aliphatic heterocycles. The number of aldehydes is 1. The van der Waals surface area contributed by atoms with E-state index in [0.29, 0.717) is 54.8 Å². The molecule has 3 heterocycles. The third-order valence-corrected chi connectivity index (χ3v) is 23.3. The van der Waals surface area contributed by atoms with Gasteiger partial charge in [0.2, 0.25) is 0 Å². The average molecular weight is 993 g/mol. The summed E-state index contributed by atoms with van der Waals surface area (Å²) in [6.45, 7) is 36.6. The highest BCUT2D eigenvalue weighted by molar-refractivity contribution is 5.87. The zero-order valence-corrected chi connectivity index (χ0v) is 47.6. The van der Waals surface area contributed by atoms with Gasteiger partial charge >= 0.3 is 0 Å². The van der Waals surface area contributed by atoms with E-state index in [-0.39, 0.29) is 69.2 Å². The van der Waals surface area contributed by atoms with Crippen LogP contribution in [0, 0.1) is 91.7 Å². The number of hydrogen-bond acceptors (Lipinski definition) is 10. The maximum atomic E-state index is 14.7. The third kappa shape index (κ3) is 8.99. The lowest BCUT2D eigenvalue weighted by Gasteiger charge is -2.72. The van der Waals surface area contributed by atoms with Gasteiger partial charge in [-0.15, -0.1) is 0 Å². The van der Waals surface area contributed by atoms with Gasteiger partial charge in [-0.05, 0) is 141 Å². The number of ketones is 2. The van der Waals surface area contributed by atoms with Gasteiger partial charge in [0.1, 0.15) is 24.3 Å². The molecule has 24 atom stereocenters. The fourth-order valence-corrected chi connectivity index (χ4v) is 17.7. The molecular weight excluding hydrogens is 893 g/mol. The lowest BCUT2D eigenvalue weighted by atomic mass is 9.33. The largest absolute Gasteiger partial charge is 0.380 e. The van der Waals surface area contributed by atoms with E-state index in [1.54, 1.807) is 6.92 Å². The van der Waals surface area contributed by atoms with Crippen molar-refractivity contribution in [1.29, 1.82) is 0 Å². The highest BCUT2D eigenvalue weighted by atomic mass is 16.8. The van der Waals surface area contributed by atoms with Gasteiger partial charge in [0.15, 0.2) is 24.7 Å². The van der Waals surface area contributed by atoms with Gasteiger partial charge in [-0.1, -0.05) is 122 Å². The summed E-state index contributed by atoms with van der Waals surface area (Å²) in [6.07, 6.45) is 10.6. The zero-order chi connectivity index (χ0) is 52.0. The van der Waals surface area contributed by atoms with Crippen LogP contribution in [0.4, 0.5) is 0 Å². The molecule has 8 rings (SSSR count). The molecule has 71 heavy (non-hydrogen) atoms. The Balaban J connectivity index is 1.13. The first kappa shape index (κ1) is 55.7. The molecule has 8 aliphatic rings. The SMILES string of the molecule is CCCCC(=O)[C@]12CCC(C)(C)CC1C1=CCC3C4(C)CC[C@H](O[C@@H]5OC(C(C)=O)[C@@H](C)[C@H](O[C@@H]6OC[C@@H](C)[C@H](C)C6C)C5O[C@@H]5OC(CC)[C@H](C)[C@H](C)C5C)[C@](C)(C=O)[C@@H]4CC[C@]3(C)[C@]1(C)CC2OC. The second kappa shape index (κ2) is 20.4. The number of ether oxygens (including phenoxy) is 7. The second-order valence-electron chi connectivity index (χ2n) is 27.4. The number of allylic oxidation sites excluding steroid dienone is 2. The highest BCUT2D eigenvalue weighted by Gasteiger charge is 2.72. The quantitative estimate of drug-likeness (QED) is 0.0946. The Hall–Kier alpha value is -1.53. The first-order valence-electron chi connectivity index (χ1n) is 29.0. The topological polar surface area (TPSA) is 116 Å². The Bertz CT molecular complexity index is 1960. The molecule has 10 heteroatoms. The van der Waals surface area contributed by atoms with Crippen molar-refractivity contribution in [1.82, 2.24) is 0 Å². The number of carbonyl (C=O) groups is 3. The van der Waals surface area contributed by atoms with E-state index in [9.17, 15) is 14.4 Å². The number of Topliss-reactive ketones (excluding diaryl/α,β-unsaturated/α-hetero) is 2. The number of methoxy groups -OCH3 is 1. The van der Waals surface area contributed by atoms with E-state index in [1.165, 1.54) is 11.9 Å². The highest BCUT2D eigenvalue weighted by Crippen LogP contribution is 2.76. The molecule has 0 N–H and O–H groups in total. The third-order valence-electron chi connectivity index (χ3n) is 23.3. The molecule has 0 radical (unpaired) electrons. The minimum absolute atomic E-state index is 0.0274. The molecule has 10 nitrogen and oxygen atoms in total. The van der Waals surface area contributed by atoms with Gasteiger partial charge in [-0.2, -0.15) is 0 Å².